The minimum absolute atomic E-state index is 0.597. The highest BCUT2D eigenvalue weighted by Crippen LogP contribution is 2.23. The second kappa shape index (κ2) is 3.93. The lowest BCUT2D eigenvalue weighted by Crippen LogP contribution is -1.95. The van der Waals surface area contributed by atoms with Crippen LogP contribution in [0.5, 0.6) is 0 Å². The first-order valence-electron chi connectivity index (χ1n) is 6.52. The quantitative estimate of drug-likeness (QED) is 0.359. The molecule has 2 aromatic carbocycles. The van der Waals surface area contributed by atoms with Gasteiger partial charge in [-0.1, -0.05) is 18.2 Å². The minimum Gasteiger partial charge on any atom is -0.242 e. The van der Waals surface area contributed by atoms with Crippen LogP contribution in [0.15, 0.2) is 36.4 Å². The molecule has 0 radical (unpaired) electrons. The average molecular weight is 260 g/mol. The van der Waals surface area contributed by atoms with E-state index >= 15 is 0 Å². The normalized spacial score (nSPS) is 11.5. The Hall–Kier alpha value is -2.62. The van der Waals surface area contributed by atoms with Crippen LogP contribution in [0.25, 0.3) is 33.1 Å². The van der Waals surface area contributed by atoms with Gasteiger partial charge in [0.2, 0.25) is 5.65 Å². The van der Waals surface area contributed by atoms with Gasteiger partial charge in [-0.25, -0.2) is 9.97 Å². The van der Waals surface area contributed by atoms with Crippen molar-refractivity contribution in [2.24, 2.45) is 0 Å². The van der Waals surface area contributed by atoms with Crippen molar-refractivity contribution in [1.29, 1.82) is 0 Å². The zero-order valence-electron chi connectivity index (χ0n) is 11.3. The number of nitrogens with zero attached hydrogens (tertiary/aromatic N) is 4. The molecule has 0 spiro atoms. The third-order valence-electron chi connectivity index (χ3n) is 3.67. The van der Waals surface area contributed by atoms with E-state index in [2.05, 4.69) is 35.1 Å². The minimum atomic E-state index is 0.597. The van der Waals surface area contributed by atoms with Crippen molar-refractivity contribution in [2.75, 3.05) is 0 Å². The molecule has 20 heavy (non-hydrogen) atoms. The number of aromatic nitrogens is 4. The number of hydrogen-bond acceptors (Lipinski definition) is 4. The van der Waals surface area contributed by atoms with Gasteiger partial charge in [-0.2, -0.15) is 0 Å². The number of hydrogen-bond donors (Lipinski definition) is 0. The Bertz CT molecular complexity index is 976. The predicted molar refractivity (Wildman–Crippen MR) is 79.6 cm³/mol. The molecule has 4 rings (SSSR count). The van der Waals surface area contributed by atoms with Crippen LogP contribution in [0, 0.1) is 13.8 Å². The van der Waals surface area contributed by atoms with E-state index in [0.717, 1.165) is 27.5 Å². The van der Waals surface area contributed by atoms with Crippen LogP contribution in [0.4, 0.5) is 0 Å². The van der Waals surface area contributed by atoms with Crippen LogP contribution in [-0.2, 0) is 0 Å². The summed E-state index contributed by atoms with van der Waals surface area (Å²) in [6, 6.07) is 12.0. The molecule has 0 fully saturated rings. The highest BCUT2D eigenvalue weighted by Gasteiger charge is 2.08. The van der Waals surface area contributed by atoms with Gasteiger partial charge in [0.15, 0.2) is 0 Å². The van der Waals surface area contributed by atoms with Crippen molar-refractivity contribution in [3.05, 3.63) is 47.5 Å². The molecule has 2 heterocycles. The van der Waals surface area contributed by atoms with E-state index in [9.17, 15) is 0 Å². The zero-order chi connectivity index (χ0) is 13.7. The fraction of sp³-hybridized carbons (Fsp3) is 0.125. The van der Waals surface area contributed by atoms with Crippen molar-refractivity contribution in [2.45, 2.75) is 13.8 Å². The molecule has 0 bridgehead atoms. The second-order valence-corrected chi connectivity index (χ2v) is 5.04. The third-order valence-corrected chi connectivity index (χ3v) is 3.67. The summed E-state index contributed by atoms with van der Waals surface area (Å²) in [7, 11) is 0. The van der Waals surface area contributed by atoms with E-state index in [4.69, 9.17) is 4.98 Å². The summed E-state index contributed by atoms with van der Waals surface area (Å²) in [4.78, 5) is 9.34. The van der Waals surface area contributed by atoms with Crippen molar-refractivity contribution in [3.63, 3.8) is 0 Å². The highest BCUT2D eigenvalue weighted by molar-refractivity contribution is 6.02. The van der Waals surface area contributed by atoms with Gasteiger partial charge in [-0.05, 0) is 43.2 Å². The number of rotatable bonds is 0. The van der Waals surface area contributed by atoms with Gasteiger partial charge in [0.25, 0.3) is 0 Å². The summed E-state index contributed by atoms with van der Waals surface area (Å²) in [5.41, 5.74) is 6.45. The van der Waals surface area contributed by atoms with Crippen molar-refractivity contribution >= 4 is 33.1 Å². The first kappa shape index (κ1) is 11.2. The molecule has 4 heteroatoms. The lowest BCUT2D eigenvalue weighted by Gasteiger charge is -2.05. The molecule has 4 nitrogen and oxygen atoms in total. The SMILES string of the molecule is Cc1cc2nc3nnc4ccccc4c3nc2cc1C. The standard InChI is InChI=1S/C16H12N4/c1-9-7-13-14(8-10(9)2)18-16-15(17-13)11-5-3-4-6-12(11)19-20-16/h3-8H,1-2H3. The highest BCUT2D eigenvalue weighted by atomic mass is 15.1. The van der Waals surface area contributed by atoms with E-state index in [1.165, 1.54) is 11.1 Å². The molecule has 0 saturated heterocycles. The van der Waals surface area contributed by atoms with E-state index in [0.29, 0.717) is 5.65 Å². The van der Waals surface area contributed by atoms with Gasteiger partial charge in [-0.15, -0.1) is 10.2 Å². The fourth-order valence-corrected chi connectivity index (χ4v) is 2.42. The van der Waals surface area contributed by atoms with Crippen molar-refractivity contribution < 1.29 is 0 Å². The summed E-state index contributed by atoms with van der Waals surface area (Å²) in [5, 5.41) is 9.38. The van der Waals surface area contributed by atoms with Gasteiger partial charge in [-0.3, -0.25) is 0 Å². The number of aryl methyl sites for hydroxylation is 2. The molecule has 0 aliphatic heterocycles. The van der Waals surface area contributed by atoms with Crippen LogP contribution in [-0.4, -0.2) is 20.2 Å². The molecule has 0 saturated carbocycles. The summed E-state index contributed by atoms with van der Waals surface area (Å²) >= 11 is 0. The van der Waals surface area contributed by atoms with Crippen LogP contribution in [0.3, 0.4) is 0 Å². The van der Waals surface area contributed by atoms with Crippen LogP contribution >= 0.6 is 0 Å². The Morgan fingerprint density at radius 3 is 2.25 bits per heavy atom. The monoisotopic (exact) mass is 260 g/mol. The third kappa shape index (κ3) is 1.54. The molecular formula is C16H12N4. The smallest absolute Gasteiger partial charge is 0.201 e. The molecule has 2 aromatic heterocycles. The maximum Gasteiger partial charge on any atom is 0.201 e. The molecule has 0 aliphatic carbocycles. The van der Waals surface area contributed by atoms with E-state index in [1.807, 2.05) is 30.3 Å². The Balaban J connectivity index is 2.21. The van der Waals surface area contributed by atoms with E-state index < -0.39 is 0 Å². The topological polar surface area (TPSA) is 51.6 Å². The Morgan fingerprint density at radius 1 is 0.750 bits per heavy atom. The summed E-state index contributed by atoms with van der Waals surface area (Å²) in [6.45, 7) is 4.16. The van der Waals surface area contributed by atoms with Crippen molar-refractivity contribution in [3.8, 4) is 0 Å². The molecule has 0 unspecified atom stereocenters. The molecule has 4 aromatic rings. The Kier molecular flexibility index (Phi) is 2.21. The first-order chi connectivity index (χ1) is 9.72. The molecule has 96 valence electrons. The Labute approximate surface area is 115 Å². The second-order valence-electron chi connectivity index (χ2n) is 5.04. The number of benzene rings is 2. The molecule has 0 amide bonds. The Morgan fingerprint density at radius 2 is 1.45 bits per heavy atom. The van der Waals surface area contributed by atoms with Crippen LogP contribution < -0.4 is 0 Å². The van der Waals surface area contributed by atoms with Crippen LogP contribution in [0.1, 0.15) is 11.1 Å². The lowest BCUT2D eigenvalue weighted by atomic mass is 10.1. The van der Waals surface area contributed by atoms with Crippen LogP contribution in [0.2, 0.25) is 0 Å². The average Bonchev–Trinajstić information content (AvgIpc) is 2.47. The van der Waals surface area contributed by atoms with Gasteiger partial charge < -0.3 is 0 Å². The van der Waals surface area contributed by atoms with Crippen molar-refractivity contribution in [1.82, 2.24) is 20.2 Å². The molecule has 0 N–H and O–H groups in total. The zero-order valence-corrected chi connectivity index (χ0v) is 11.3. The predicted octanol–water partition coefficient (Wildman–Crippen LogP) is 3.34. The van der Waals surface area contributed by atoms with E-state index in [-0.39, 0.29) is 0 Å². The summed E-state index contributed by atoms with van der Waals surface area (Å²) in [6.07, 6.45) is 0. The van der Waals surface area contributed by atoms with Gasteiger partial charge in [0.1, 0.15) is 5.52 Å². The fourth-order valence-electron chi connectivity index (χ4n) is 2.42. The molecular weight excluding hydrogens is 248 g/mol. The maximum absolute atomic E-state index is 4.74. The summed E-state index contributed by atoms with van der Waals surface area (Å²) in [5.74, 6) is 0. The van der Waals surface area contributed by atoms with Gasteiger partial charge >= 0.3 is 0 Å². The molecule has 0 atom stereocenters. The summed E-state index contributed by atoms with van der Waals surface area (Å²) < 4.78 is 0. The van der Waals surface area contributed by atoms with Gasteiger partial charge in [0, 0.05) is 5.39 Å². The lowest BCUT2D eigenvalue weighted by molar-refractivity contribution is 1.09. The van der Waals surface area contributed by atoms with Gasteiger partial charge in [0.05, 0.1) is 16.6 Å². The first-order valence-corrected chi connectivity index (χ1v) is 6.52. The number of fused-ring (bicyclic) bond motifs is 4. The molecule has 0 aliphatic rings. The van der Waals surface area contributed by atoms with E-state index in [1.54, 1.807) is 0 Å². The maximum atomic E-state index is 4.74. The largest absolute Gasteiger partial charge is 0.242 e.